The van der Waals surface area contributed by atoms with Crippen LogP contribution in [0.25, 0.3) is 22.0 Å². The van der Waals surface area contributed by atoms with Crippen LogP contribution in [-0.2, 0) is 11.8 Å². The minimum absolute atomic E-state index is 0.00800. The highest BCUT2D eigenvalue weighted by Crippen LogP contribution is 2.29. The number of halogens is 1. The Labute approximate surface area is 168 Å². The van der Waals surface area contributed by atoms with Crippen LogP contribution in [-0.4, -0.2) is 50.9 Å². The SMILES string of the molecule is Cn1cc(-c2cc(F)c3cnc(NC(=O)[C@H]4CC[C@H](N(C)C)CC4)cc3c2)nn1. The summed E-state index contributed by atoms with van der Waals surface area (Å²) in [5.74, 6) is 0.0365. The van der Waals surface area contributed by atoms with E-state index in [0.717, 1.165) is 25.7 Å². The van der Waals surface area contributed by atoms with Crippen molar-refractivity contribution in [3.63, 3.8) is 0 Å². The van der Waals surface area contributed by atoms with Crippen molar-refractivity contribution in [3.05, 3.63) is 36.4 Å². The van der Waals surface area contributed by atoms with E-state index in [4.69, 9.17) is 0 Å². The van der Waals surface area contributed by atoms with Crippen molar-refractivity contribution in [1.29, 1.82) is 0 Å². The van der Waals surface area contributed by atoms with Gasteiger partial charge in [-0.05, 0) is 63.4 Å². The Morgan fingerprint density at radius 1 is 1.21 bits per heavy atom. The first-order chi connectivity index (χ1) is 13.9. The van der Waals surface area contributed by atoms with Gasteiger partial charge in [-0.1, -0.05) is 5.21 Å². The molecule has 0 bridgehead atoms. The highest BCUT2D eigenvalue weighted by molar-refractivity contribution is 5.95. The highest BCUT2D eigenvalue weighted by Gasteiger charge is 2.27. The van der Waals surface area contributed by atoms with E-state index in [0.29, 0.717) is 33.9 Å². The van der Waals surface area contributed by atoms with Gasteiger partial charge in [0.15, 0.2) is 0 Å². The van der Waals surface area contributed by atoms with Gasteiger partial charge in [0.1, 0.15) is 17.3 Å². The van der Waals surface area contributed by atoms with E-state index >= 15 is 0 Å². The van der Waals surface area contributed by atoms with Crippen molar-refractivity contribution >= 4 is 22.5 Å². The maximum absolute atomic E-state index is 14.5. The molecule has 7 nitrogen and oxygen atoms in total. The molecule has 1 aliphatic carbocycles. The van der Waals surface area contributed by atoms with Crippen molar-refractivity contribution in [1.82, 2.24) is 24.9 Å². The predicted octanol–water partition coefficient (Wildman–Crippen LogP) is 3.23. The van der Waals surface area contributed by atoms with Crippen molar-refractivity contribution in [2.75, 3.05) is 19.4 Å². The van der Waals surface area contributed by atoms with Crippen LogP contribution in [0.15, 0.2) is 30.6 Å². The molecule has 2 aromatic heterocycles. The Morgan fingerprint density at radius 3 is 2.62 bits per heavy atom. The van der Waals surface area contributed by atoms with Gasteiger partial charge in [-0.25, -0.2) is 9.37 Å². The summed E-state index contributed by atoms with van der Waals surface area (Å²) in [7, 11) is 5.93. The number of carbonyl (C=O) groups is 1. The number of rotatable bonds is 4. The largest absolute Gasteiger partial charge is 0.310 e. The van der Waals surface area contributed by atoms with Gasteiger partial charge >= 0.3 is 0 Å². The van der Waals surface area contributed by atoms with E-state index in [9.17, 15) is 9.18 Å². The predicted molar refractivity (Wildman–Crippen MR) is 110 cm³/mol. The summed E-state index contributed by atoms with van der Waals surface area (Å²) >= 11 is 0. The smallest absolute Gasteiger partial charge is 0.228 e. The molecule has 1 aromatic carbocycles. The lowest BCUT2D eigenvalue weighted by Gasteiger charge is -2.31. The zero-order valence-electron chi connectivity index (χ0n) is 16.9. The zero-order valence-corrected chi connectivity index (χ0v) is 16.9. The van der Waals surface area contributed by atoms with E-state index in [1.54, 1.807) is 24.0 Å². The number of anilines is 1. The standard InChI is InChI=1S/C21H25FN6O/c1-27(2)16-6-4-13(5-7-16)21(29)24-20-10-14-8-15(19-12-28(3)26-25-19)9-18(22)17(14)11-23-20/h8-13,16H,4-7H2,1-3H3,(H,23,24,29)/t13-,16-. The van der Waals surface area contributed by atoms with E-state index in [1.807, 2.05) is 6.07 Å². The van der Waals surface area contributed by atoms with Gasteiger partial charge in [0.05, 0.1) is 6.20 Å². The quantitative estimate of drug-likeness (QED) is 0.733. The molecule has 152 valence electrons. The van der Waals surface area contributed by atoms with Gasteiger partial charge in [-0.2, -0.15) is 0 Å². The maximum Gasteiger partial charge on any atom is 0.228 e. The minimum atomic E-state index is -0.379. The summed E-state index contributed by atoms with van der Waals surface area (Å²) in [6.07, 6.45) is 6.96. The molecule has 0 radical (unpaired) electrons. The molecule has 3 aromatic rings. The average molecular weight is 396 g/mol. The van der Waals surface area contributed by atoms with E-state index in [-0.39, 0.29) is 17.6 Å². The van der Waals surface area contributed by atoms with Gasteiger partial charge in [0.2, 0.25) is 5.91 Å². The van der Waals surface area contributed by atoms with Crippen LogP contribution in [0.5, 0.6) is 0 Å². The molecule has 0 spiro atoms. The normalized spacial score (nSPS) is 19.6. The average Bonchev–Trinajstić information content (AvgIpc) is 3.14. The summed E-state index contributed by atoms with van der Waals surface area (Å²) in [6, 6.07) is 5.51. The molecule has 2 heterocycles. The van der Waals surface area contributed by atoms with Crippen LogP contribution in [0.2, 0.25) is 0 Å². The summed E-state index contributed by atoms with van der Waals surface area (Å²) < 4.78 is 16.1. The van der Waals surface area contributed by atoms with E-state index in [1.165, 1.54) is 12.3 Å². The molecule has 0 saturated heterocycles. The molecule has 0 aliphatic heterocycles. The Hall–Kier alpha value is -2.87. The lowest BCUT2D eigenvalue weighted by molar-refractivity contribution is -0.121. The molecule has 4 rings (SSSR count). The Balaban J connectivity index is 1.53. The van der Waals surface area contributed by atoms with Gasteiger partial charge in [-0.3, -0.25) is 9.48 Å². The molecular formula is C21H25FN6O. The number of aromatic nitrogens is 4. The first kappa shape index (κ1) is 19.4. The van der Waals surface area contributed by atoms with Crippen LogP contribution < -0.4 is 5.32 Å². The zero-order chi connectivity index (χ0) is 20.5. The van der Waals surface area contributed by atoms with E-state index < -0.39 is 0 Å². The number of hydrogen-bond acceptors (Lipinski definition) is 5. The van der Waals surface area contributed by atoms with Gasteiger partial charge in [-0.15, -0.1) is 5.10 Å². The van der Waals surface area contributed by atoms with Gasteiger partial charge in [0, 0.05) is 36.2 Å². The fraction of sp³-hybridized carbons (Fsp3) is 0.429. The fourth-order valence-electron chi connectivity index (χ4n) is 3.99. The second-order valence-corrected chi connectivity index (χ2v) is 7.98. The van der Waals surface area contributed by atoms with Crippen molar-refractivity contribution in [2.45, 2.75) is 31.7 Å². The van der Waals surface area contributed by atoms with Crippen molar-refractivity contribution in [2.24, 2.45) is 13.0 Å². The summed E-state index contributed by atoms with van der Waals surface area (Å²) in [6.45, 7) is 0. The fourth-order valence-corrected chi connectivity index (χ4v) is 3.99. The number of benzene rings is 1. The summed E-state index contributed by atoms with van der Waals surface area (Å²) in [5.41, 5.74) is 1.22. The number of nitrogens with one attached hydrogen (secondary N) is 1. The second kappa shape index (κ2) is 7.87. The molecule has 1 fully saturated rings. The summed E-state index contributed by atoms with van der Waals surface area (Å²) in [4.78, 5) is 19.1. The third-order valence-corrected chi connectivity index (χ3v) is 5.73. The van der Waals surface area contributed by atoms with Gasteiger partial charge < -0.3 is 10.2 Å². The molecular weight excluding hydrogens is 371 g/mol. The molecule has 0 unspecified atom stereocenters. The van der Waals surface area contributed by atoms with Crippen LogP contribution in [0.3, 0.4) is 0 Å². The van der Waals surface area contributed by atoms with E-state index in [2.05, 4.69) is 39.6 Å². The number of hydrogen-bond donors (Lipinski definition) is 1. The number of fused-ring (bicyclic) bond motifs is 1. The number of aryl methyl sites for hydroxylation is 1. The number of pyridine rings is 1. The van der Waals surface area contributed by atoms with Gasteiger partial charge in [0.25, 0.3) is 0 Å². The lowest BCUT2D eigenvalue weighted by atomic mass is 9.85. The number of carbonyl (C=O) groups excluding carboxylic acids is 1. The summed E-state index contributed by atoms with van der Waals surface area (Å²) in [5, 5.41) is 11.9. The molecule has 0 atom stereocenters. The Kier molecular flexibility index (Phi) is 5.27. The molecule has 1 aliphatic rings. The lowest BCUT2D eigenvalue weighted by Crippen LogP contribution is -2.35. The first-order valence-corrected chi connectivity index (χ1v) is 9.84. The minimum Gasteiger partial charge on any atom is -0.310 e. The Morgan fingerprint density at radius 2 is 1.97 bits per heavy atom. The van der Waals surface area contributed by atoms with Crippen LogP contribution >= 0.6 is 0 Å². The third kappa shape index (κ3) is 4.12. The molecule has 1 amide bonds. The maximum atomic E-state index is 14.5. The monoisotopic (exact) mass is 396 g/mol. The third-order valence-electron chi connectivity index (χ3n) is 5.73. The second-order valence-electron chi connectivity index (χ2n) is 7.98. The molecule has 1 saturated carbocycles. The molecule has 29 heavy (non-hydrogen) atoms. The molecule has 8 heteroatoms. The van der Waals surface area contributed by atoms with Crippen LogP contribution in [0.1, 0.15) is 25.7 Å². The number of amides is 1. The van der Waals surface area contributed by atoms with Crippen LogP contribution in [0, 0.1) is 11.7 Å². The van der Waals surface area contributed by atoms with Crippen LogP contribution in [0.4, 0.5) is 10.2 Å². The molecule has 1 N–H and O–H groups in total. The number of nitrogens with zero attached hydrogens (tertiary/aromatic N) is 5. The highest BCUT2D eigenvalue weighted by atomic mass is 19.1. The first-order valence-electron chi connectivity index (χ1n) is 9.84. The van der Waals surface area contributed by atoms with Crippen molar-refractivity contribution < 1.29 is 9.18 Å². The van der Waals surface area contributed by atoms with Crippen molar-refractivity contribution in [3.8, 4) is 11.3 Å². The topological polar surface area (TPSA) is 75.9 Å². The Bertz CT molecular complexity index is 1040.